The van der Waals surface area contributed by atoms with Crippen LogP contribution in [0.2, 0.25) is 0 Å². The normalized spacial score (nSPS) is 12.5. The Bertz CT molecular complexity index is 2790. The molecule has 0 aliphatic carbocycles. The van der Waals surface area contributed by atoms with E-state index in [0.717, 1.165) is 46.0 Å². The van der Waals surface area contributed by atoms with E-state index in [-0.39, 0.29) is 21.7 Å². The van der Waals surface area contributed by atoms with Crippen molar-refractivity contribution in [2.24, 2.45) is 20.5 Å². The molecule has 6 rings (SSSR count). The maximum atomic E-state index is 12.6. The van der Waals surface area contributed by atoms with E-state index in [9.17, 15) is 34.4 Å². The predicted octanol–water partition coefficient (Wildman–Crippen LogP) is 9.52. The van der Waals surface area contributed by atoms with Gasteiger partial charge in [-0.05, 0) is 139 Å². The van der Waals surface area contributed by atoms with Gasteiger partial charge in [0.05, 0.1) is 22.0 Å². The van der Waals surface area contributed by atoms with Gasteiger partial charge in [-0.15, -0.1) is 5.11 Å². The van der Waals surface area contributed by atoms with E-state index in [1.807, 2.05) is 39.0 Å². The summed E-state index contributed by atoms with van der Waals surface area (Å²) in [6, 6.07) is 29.4. The van der Waals surface area contributed by atoms with Gasteiger partial charge in [0.2, 0.25) is 0 Å². The maximum Gasteiger partial charge on any atom is 0.339 e. The summed E-state index contributed by atoms with van der Waals surface area (Å²) in [5.41, 5.74) is 5.84. The highest BCUT2D eigenvalue weighted by Gasteiger charge is 2.19. The van der Waals surface area contributed by atoms with E-state index in [4.69, 9.17) is 4.18 Å². The Morgan fingerprint density at radius 3 is 1.57 bits per heavy atom. The molecule has 0 fully saturated rings. The van der Waals surface area contributed by atoms with Crippen molar-refractivity contribution in [1.29, 1.82) is 0 Å². The van der Waals surface area contributed by atoms with Crippen molar-refractivity contribution >= 4 is 63.9 Å². The van der Waals surface area contributed by atoms with Gasteiger partial charge in [-0.2, -0.15) is 40.6 Å². The molecule has 0 aromatic heterocycles. The monoisotopic (exact) mass is 770 g/mol. The molecular weight excluding hydrogens is 741 g/mol. The summed E-state index contributed by atoms with van der Waals surface area (Å²) in [5.74, 6) is 0.142. The Morgan fingerprint density at radius 1 is 0.491 bits per heavy atom. The molecular formula is C37H30N4O9S3. The maximum absolute atomic E-state index is 12.6. The van der Waals surface area contributed by atoms with Crippen molar-refractivity contribution in [1.82, 2.24) is 0 Å². The van der Waals surface area contributed by atoms with E-state index in [2.05, 4.69) is 20.5 Å². The zero-order chi connectivity index (χ0) is 38.1. The lowest BCUT2D eigenvalue weighted by atomic mass is 9.96. The van der Waals surface area contributed by atoms with Crippen molar-refractivity contribution in [2.75, 3.05) is 0 Å². The number of hydrogen-bond acceptors (Lipinski definition) is 11. The van der Waals surface area contributed by atoms with Crippen molar-refractivity contribution in [3.63, 3.8) is 0 Å². The zero-order valence-electron chi connectivity index (χ0n) is 28.2. The third-order valence-electron chi connectivity index (χ3n) is 8.08. The van der Waals surface area contributed by atoms with E-state index >= 15 is 0 Å². The molecule has 0 spiro atoms. The fourth-order valence-corrected chi connectivity index (χ4v) is 7.47. The lowest BCUT2D eigenvalue weighted by Crippen LogP contribution is -2.09. The molecule has 53 heavy (non-hydrogen) atoms. The second-order valence-corrected chi connectivity index (χ2v) is 16.4. The summed E-state index contributed by atoms with van der Waals surface area (Å²) < 4.78 is 97.0. The second-order valence-electron chi connectivity index (χ2n) is 12.0. The fraction of sp³-hybridized carbons (Fsp3) is 0.0811. The van der Waals surface area contributed by atoms with Crippen LogP contribution in [0.3, 0.4) is 0 Å². The summed E-state index contributed by atoms with van der Waals surface area (Å²) in [7, 11) is -13.3. The molecule has 0 bridgehead atoms. The first-order valence-electron chi connectivity index (χ1n) is 15.7. The number of aryl methyl sites for hydroxylation is 3. The van der Waals surface area contributed by atoms with Crippen LogP contribution in [0.25, 0.3) is 21.9 Å². The van der Waals surface area contributed by atoms with Crippen LogP contribution < -0.4 is 4.18 Å². The van der Waals surface area contributed by atoms with Gasteiger partial charge in [0, 0.05) is 0 Å². The van der Waals surface area contributed by atoms with Gasteiger partial charge in [0.25, 0.3) is 20.2 Å². The van der Waals surface area contributed by atoms with Gasteiger partial charge in [0.1, 0.15) is 21.2 Å². The first-order chi connectivity index (χ1) is 25.0. The number of azo groups is 2. The lowest BCUT2D eigenvalue weighted by Gasteiger charge is -2.11. The minimum atomic E-state index is -4.78. The minimum Gasteiger partial charge on any atom is -0.379 e. The second kappa shape index (κ2) is 14.4. The van der Waals surface area contributed by atoms with Gasteiger partial charge in [-0.25, -0.2) is 0 Å². The Kier molecular flexibility index (Phi) is 10.1. The summed E-state index contributed by atoms with van der Waals surface area (Å²) in [6.45, 7) is 5.67. The first kappa shape index (κ1) is 37.1. The topological polar surface area (TPSA) is 202 Å². The first-order valence-corrected chi connectivity index (χ1v) is 19.9. The SMILES string of the molecule is Cc1ccc(S(=O)(=O)Oc2ccc(/N=N/c3ccc(-c4ccc(/N=N/c5cc6ccc(S(=O)(=O)O)cc6cc5S(=O)(=O)O)cc4C)c(C)c3)cc2)cc1. The van der Waals surface area contributed by atoms with Crippen LogP contribution in [0, 0.1) is 20.8 Å². The van der Waals surface area contributed by atoms with Crippen LogP contribution in [0.4, 0.5) is 22.7 Å². The molecule has 0 radical (unpaired) electrons. The zero-order valence-corrected chi connectivity index (χ0v) is 30.7. The molecule has 6 aromatic rings. The Hall–Kier alpha value is -5.65. The van der Waals surface area contributed by atoms with Crippen LogP contribution in [0.1, 0.15) is 16.7 Å². The van der Waals surface area contributed by atoms with E-state index in [0.29, 0.717) is 22.4 Å². The van der Waals surface area contributed by atoms with Crippen LogP contribution in [-0.4, -0.2) is 34.4 Å². The van der Waals surface area contributed by atoms with Crippen LogP contribution in [-0.2, 0) is 30.4 Å². The molecule has 0 atom stereocenters. The minimum absolute atomic E-state index is 0.0562. The highest BCUT2D eigenvalue weighted by molar-refractivity contribution is 7.87. The molecule has 0 amide bonds. The quantitative estimate of drug-likeness (QED) is 0.0773. The number of hydrogen-bond donors (Lipinski definition) is 2. The molecule has 0 aliphatic rings. The van der Waals surface area contributed by atoms with Gasteiger partial charge < -0.3 is 4.18 Å². The van der Waals surface area contributed by atoms with Crippen LogP contribution >= 0.6 is 0 Å². The summed E-state index contributed by atoms with van der Waals surface area (Å²) in [4.78, 5) is -0.964. The van der Waals surface area contributed by atoms with Crippen molar-refractivity contribution in [3.8, 4) is 16.9 Å². The lowest BCUT2D eigenvalue weighted by molar-refractivity contribution is 0.481. The molecule has 16 heteroatoms. The van der Waals surface area contributed by atoms with Gasteiger partial charge in [-0.3, -0.25) is 9.11 Å². The van der Waals surface area contributed by atoms with Gasteiger partial charge in [-0.1, -0.05) is 35.9 Å². The molecule has 6 aromatic carbocycles. The van der Waals surface area contributed by atoms with Crippen molar-refractivity contribution in [3.05, 3.63) is 132 Å². The molecule has 0 aliphatic heterocycles. The van der Waals surface area contributed by atoms with Gasteiger partial charge in [0.15, 0.2) is 0 Å². The molecule has 0 heterocycles. The molecule has 0 unspecified atom stereocenters. The van der Waals surface area contributed by atoms with E-state index < -0.39 is 40.1 Å². The fourth-order valence-electron chi connectivity index (χ4n) is 5.39. The standard InChI is InChI=1S/C37H30N4O9S3/c1-23-4-13-32(14-5-23)53(48,49)50-31-11-7-28(8-12-31)38-39-29-9-16-34(24(2)18-29)35-17-10-30(19-25(35)3)40-41-36-21-26-6-15-33(51(42,43)44)20-27(26)22-37(36)52(45,46)47/h4-22H,1-3H3,(H,42,43,44)(H,45,46,47)/b39-38+,41-40+. The van der Waals surface area contributed by atoms with E-state index in [1.54, 1.807) is 42.5 Å². The van der Waals surface area contributed by atoms with Gasteiger partial charge >= 0.3 is 10.1 Å². The average molecular weight is 771 g/mol. The summed E-state index contributed by atoms with van der Waals surface area (Å²) >= 11 is 0. The van der Waals surface area contributed by atoms with Crippen LogP contribution in [0.15, 0.2) is 150 Å². The number of nitrogens with zero attached hydrogens (tertiary/aromatic N) is 4. The predicted molar refractivity (Wildman–Crippen MR) is 199 cm³/mol. The molecule has 2 N–H and O–H groups in total. The highest BCUT2D eigenvalue weighted by atomic mass is 32.2. The highest BCUT2D eigenvalue weighted by Crippen LogP contribution is 2.35. The van der Waals surface area contributed by atoms with Crippen molar-refractivity contribution < 1.29 is 38.5 Å². The summed E-state index contributed by atoms with van der Waals surface area (Å²) in [5, 5.41) is 17.4. The number of rotatable bonds is 10. The third-order valence-corrected chi connectivity index (χ3v) is 11.1. The van der Waals surface area contributed by atoms with Crippen LogP contribution in [0.5, 0.6) is 5.75 Å². The average Bonchev–Trinajstić information content (AvgIpc) is 3.09. The third kappa shape index (κ3) is 8.70. The number of benzene rings is 6. The molecule has 13 nitrogen and oxygen atoms in total. The van der Waals surface area contributed by atoms with E-state index in [1.165, 1.54) is 36.4 Å². The molecule has 0 saturated heterocycles. The smallest absolute Gasteiger partial charge is 0.339 e. The number of fused-ring (bicyclic) bond motifs is 1. The summed E-state index contributed by atoms with van der Waals surface area (Å²) in [6.07, 6.45) is 0. The Balaban J connectivity index is 1.17. The van der Waals surface area contributed by atoms with Crippen molar-refractivity contribution in [2.45, 2.75) is 35.5 Å². The molecule has 270 valence electrons. The Labute approximate surface area is 306 Å². The largest absolute Gasteiger partial charge is 0.379 e. The Morgan fingerprint density at radius 2 is 1.02 bits per heavy atom. The molecule has 0 saturated carbocycles.